The highest BCUT2D eigenvalue weighted by Crippen LogP contribution is 2.47. The fraction of sp³-hybridized carbons (Fsp3) is 0.517. The lowest BCUT2D eigenvalue weighted by molar-refractivity contribution is -0.150. The van der Waals surface area contributed by atoms with Crippen LogP contribution in [0.15, 0.2) is 48.5 Å². The summed E-state index contributed by atoms with van der Waals surface area (Å²) in [6, 6.07) is 15.9. The molecule has 1 saturated carbocycles. The third-order valence-corrected chi connectivity index (χ3v) is 7.49. The number of amides is 1. The number of nitrogens with one attached hydrogen (secondary N) is 1. The van der Waals surface area contributed by atoms with Crippen LogP contribution in [0.4, 0.5) is 4.79 Å². The van der Waals surface area contributed by atoms with E-state index in [2.05, 4.69) is 24.4 Å². The topological polar surface area (TPSA) is 73.9 Å². The molecule has 1 amide bonds. The highest BCUT2D eigenvalue weighted by molar-refractivity contribution is 5.69. The number of carbonyl (C=O) groups excluding carboxylic acids is 2. The lowest BCUT2D eigenvalue weighted by atomic mass is 9.59. The summed E-state index contributed by atoms with van der Waals surface area (Å²) >= 11 is 0. The maximum atomic E-state index is 12.9. The Hall–Kier alpha value is -3.02. The first-order valence-electron chi connectivity index (χ1n) is 12.9. The normalized spacial score (nSPS) is 23.3. The lowest BCUT2D eigenvalue weighted by Crippen LogP contribution is -2.57. The van der Waals surface area contributed by atoms with Gasteiger partial charge in [-0.15, -0.1) is 0 Å². The average Bonchev–Trinajstić information content (AvgIpc) is 2.85. The standard InChI is InChI=1S/C29H37NO5/c1-3-10-26(31)35-20-34-24-15-14-22-17-23-13-8-5-9-16-29(2,25(22)18-24)27(23)30-28(32)33-19-21-11-6-4-7-12-21/h4,6-7,11-12,14-15,18,23,27H,3,5,8-10,13,16-17,19-20H2,1-2H3,(H,30,32)/t23-,27-,29+/m0/s1. The summed E-state index contributed by atoms with van der Waals surface area (Å²) in [4.78, 5) is 24.6. The summed E-state index contributed by atoms with van der Waals surface area (Å²) in [7, 11) is 0. The molecule has 2 bridgehead atoms. The van der Waals surface area contributed by atoms with Crippen LogP contribution in [0, 0.1) is 5.92 Å². The van der Waals surface area contributed by atoms with Crippen molar-refractivity contribution in [3.63, 3.8) is 0 Å². The Morgan fingerprint density at radius 3 is 2.69 bits per heavy atom. The maximum Gasteiger partial charge on any atom is 0.407 e. The number of carbonyl (C=O) groups is 2. The Bertz CT molecular complexity index is 1010. The molecule has 35 heavy (non-hydrogen) atoms. The van der Waals surface area contributed by atoms with Crippen LogP contribution in [0.3, 0.4) is 0 Å². The molecule has 2 aromatic carbocycles. The van der Waals surface area contributed by atoms with E-state index in [-0.39, 0.29) is 36.9 Å². The average molecular weight is 480 g/mol. The fourth-order valence-corrected chi connectivity index (χ4v) is 5.69. The summed E-state index contributed by atoms with van der Waals surface area (Å²) < 4.78 is 16.5. The van der Waals surface area contributed by atoms with E-state index < -0.39 is 0 Å². The van der Waals surface area contributed by atoms with Gasteiger partial charge in [0.15, 0.2) is 0 Å². The van der Waals surface area contributed by atoms with Crippen molar-refractivity contribution in [2.75, 3.05) is 6.79 Å². The predicted molar refractivity (Wildman–Crippen MR) is 134 cm³/mol. The second-order valence-electron chi connectivity index (χ2n) is 10.0. The molecule has 0 unspecified atom stereocenters. The largest absolute Gasteiger partial charge is 0.457 e. The molecule has 3 atom stereocenters. The van der Waals surface area contributed by atoms with E-state index in [1.165, 1.54) is 24.0 Å². The number of ether oxygens (including phenoxy) is 3. The van der Waals surface area contributed by atoms with Crippen LogP contribution >= 0.6 is 0 Å². The summed E-state index contributed by atoms with van der Waals surface area (Å²) in [6.07, 6.45) is 7.25. The van der Waals surface area contributed by atoms with Gasteiger partial charge in [-0.2, -0.15) is 0 Å². The monoisotopic (exact) mass is 479 g/mol. The van der Waals surface area contributed by atoms with Crippen LogP contribution in [-0.4, -0.2) is 24.9 Å². The molecule has 0 heterocycles. The Balaban J connectivity index is 1.50. The Morgan fingerprint density at radius 2 is 1.89 bits per heavy atom. The highest BCUT2D eigenvalue weighted by Gasteiger charge is 2.46. The number of rotatable bonds is 8. The molecule has 0 aliphatic heterocycles. The highest BCUT2D eigenvalue weighted by atomic mass is 16.7. The number of alkyl carbamates (subject to hydrolysis) is 1. The first kappa shape index (κ1) is 25.1. The number of hydrogen-bond donors (Lipinski definition) is 1. The zero-order valence-electron chi connectivity index (χ0n) is 20.9. The molecule has 2 aliphatic carbocycles. The first-order valence-corrected chi connectivity index (χ1v) is 12.9. The van der Waals surface area contributed by atoms with Gasteiger partial charge < -0.3 is 19.5 Å². The van der Waals surface area contributed by atoms with E-state index in [0.717, 1.165) is 37.7 Å². The van der Waals surface area contributed by atoms with E-state index in [1.807, 2.05) is 43.3 Å². The minimum Gasteiger partial charge on any atom is -0.457 e. The van der Waals surface area contributed by atoms with Gasteiger partial charge in [0.1, 0.15) is 12.4 Å². The second-order valence-corrected chi connectivity index (χ2v) is 10.0. The fourth-order valence-electron chi connectivity index (χ4n) is 5.69. The molecule has 2 aliphatic rings. The van der Waals surface area contributed by atoms with Crippen molar-refractivity contribution >= 4 is 12.1 Å². The quantitative estimate of drug-likeness (QED) is 0.368. The van der Waals surface area contributed by atoms with Crippen molar-refractivity contribution in [3.05, 3.63) is 65.2 Å². The molecule has 2 aromatic rings. The molecular formula is C29H37NO5. The number of fused-ring (bicyclic) bond motifs is 4. The number of hydrogen-bond acceptors (Lipinski definition) is 5. The zero-order valence-corrected chi connectivity index (χ0v) is 20.9. The van der Waals surface area contributed by atoms with Crippen LogP contribution < -0.4 is 10.1 Å². The zero-order chi connectivity index (χ0) is 24.7. The number of esters is 1. The molecule has 6 nitrogen and oxygen atoms in total. The maximum absolute atomic E-state index is 12.9. The molecule has 188 valence electrons. The van der Waals surface area contributed by atoms with Gasteiger partial charge in [-0.05, 0) is 60.4 Å². The second kappa shape index (κ2) is 11.6. The minimum atomic E-state index is -0.366. The van der Waals surface area contributed by atoms with Crippen LogP contribution in [0.25, 0.3) is 0 Å². The third kappa shape index (κ3) is 6.16. The van der Waals surface area contributed by atoms with Gasteiger partial charge in [0.25, 0.3) is 0 Å². The van der Waals surface area contributed by atoms with E-state index >= 15 is 0 Å². The van der Waals surface area contributed by atoms with E-state index in [1.54, 1.807) is 0 Å². The molecular weight excluding hydrogens is 442 g/mol. The van der Waals surface area contributed by atoms with Crippen molar-refractivity contribution in [2.24, 2.45) is 5.92 Å². The van der Waals surface area contributed by atoms with Gasteiger partial charge in [-0.3, -0.25) is 4.79 Å². The third-order valence-electron chi connectivity index (χ3n) is 7.49. The molecule has 0 saturated heterocycles. The molecule has 4 rings (SSSR count). The molecule has 0 spiro atoms. The van der Waals surface area contributed by atoms with E-state index in [9.17, 15) is 9.59 Å². The Labute approximate surface area is 208 Å². The SMILES string of the molecule is CCCC(=O)OCOc1ccc2c(c1)[C@@]1(C)CCCCC[C@@H](C2)[C@@H]1NC(=O)OCc1ccccc1. The van der Waals surface area contributed by atoms with E-state index in [0.29, 0.717) is 18.1 Å². The Morgan fingerprint density at radius 1 is 1.06 bits per heavy atom. The van der Waals surface area contributed by atoms with Crippen LogP contribution in [0.5, 0.6) is 5.75 Å². The molecule has 1 N–H and O–H groups in total. The summed E-state index contributed by atoms with van der Waals surface area (Å²) in [5, 5.41) is 3.26. The first-order chi connectivity index (χ1) is 17.0. The minimum absolute atomic E-state index is 0.0174. The molecule has 0 aromatic heterocycles. The van der Waals surface area contributed by atoms with Gasteiger partial charge in [0.05, 0.1) is 0 Å². The van der Waals surface area contributed by atoms with Gasteiger partial charge in [-0.1, -0.05) is 69.5 Å². The molecule has 1 fully saturated rings. The Kier molecular flexibility index (Phi) is 8.32. The van der Waals surface area contributed by atoms with E-state index in [4.69, 9.17) is 14.2 Å². The van der Waals surface area contributed by atoms with Gasteiger partial charge in [-0.25, -0.2) is 4.79 Å². The van der Waals surface area contributed by atoms with Crippen molar-refractivity contribution < 1.29 is 23.8 Å². The summed E-state index contributed by atoms with van der Waals surface area (Å²) in [5.74, 6) is 0.789. The molecule has 0 radical (unpaired) electrons. The predicted octanol–water partition coefficient (Wildman–Crippen LogP) is 6.06. The van der Waals surface area contributed by atoms with Crippen LogP contribution in [0.1, 0.15) is 75.5 Å². The van der Waals surface area contributed by atoms with Crippen LogP contribution in [0.2, 0.25) is 0 Å². The van der Waals surface area contributed by atoms with Crippen LogP contribution in [-0.2, 0) is 32.7 Å². The van der Waals surface area contributed by atoms with Crippen molar-refractivity contribution in [1.29, 1.82) is 0 Å². The number of benzene rings is 2. The van der Waals surface area contributed by atoms with Gasteiger partial charge in [0.2, 0.25) is 6.79 Å². The van der Waals surface area contributed by atoms with Crippen molar-refractivity contribution in [3.8, 4) is 5.75 Å². The smallest absolute Gasteiger partial charge is 0.407 e. The summed E-state index contributed by atoms with van der Waals surface area (Å²) in [6.45, 7) is 4.36. The summed E-state index contributed by atoms with van der Waals surface area (Å²) in [5.41, 5.74) is 3.26. The van der Waals surface area contributed by atoms with Crippen molar-refractivity contribution in [2.45, 2.75) is 83.3 Å². The molecule has 6 heteroatoms. The van der Waals surface area contributed by atoms with Crippen molar-refractivity contribution in [1.82, 2.24) is 5.32 Å². The van der Waals surface area contributed by atoms with Gasteiger partial charge in [0, 0.05) is 17.9 Å². The lowest BCUT2D eigenvalue weighted by Gasteiger charge is -2.49. The van der Waals surface area contributed by atoms with Gasteiger partial charge >= 0.3 is 12.1 Å².